The van der Waals surface area contributed by atoms with Gasteiger partial charge in [-0.25, -0.2) is 12.8 Å². The normalized spacial score (nSPS) is 11.3. The quantitative estimate of drug-likeness (QED) is 0.399. The number of hydrogen-bond acceptors (Lipinski definition) is 7. The summed E-state index contributed by atoms with van der Waals surface area (Å²) >= 11 is 2.66. The number of anilines is 2. The molecule has 3 rings (SSSR count). The molecule has 0 bridgehead atoms. The van der Waals surface area contributed by atoms with Gasteiger partial charge in [0.05, 0.1) is 10.6 Å². The Hall–Kier alpha value is -2.50. The summed E-state index contributed by atoms with van der Waals surface area (Å²) in [5.74, 6) is -0.602. The molecule has 2 aromatic carbocycles. The van der Waals surface area contributed by atoms with Gasteiger partial charge in [0.15, 0.2) is 4.34 Å². The van der Waals surface area contributed by atoms with E-state index in [-0.39, 0.29) is 15.7 Å². The molecule has 30 heavy (non-hydrogen) atoms. The topological polar surface area (TPSA) is 92.3 Å². The van der Waals surface area contributed by atoms with E-state index in [4.69, 9.17) is 0 Å². The zero-order valence-electron chi connectivity index (χ0n) is 16.2. The van der Waals surface area contributed by atoms with Crippen LogP contribution < -0.4 is 9.62 Å². The molecule has 0 fully saturated rings. The predicted octanol–water partition coefficient (Wildman–Crippen LogP) is 3.93. The fraction of sp³-hybridized carbons (Fsp3) is 0.211. The van der Waals surface area contributed by atoms with E-state index in [0.29, 0.717) is 4.34 Å². The van der Waals surface area contributed by atoms with E-state index in [1.54, 1.807) is 12.1 Å². The van der Waals surface area contributed by atoms with E-state index in [0.717, 1.165) is 21.7 Å². The van der Waals surface area contributed by atoms with Crippen molar-refractivity contribution in [2.75, 3.05) is 21.9 Å². The van der Waals surface area contributed by atoms with Gasteiger partial charge in [0, 0.05) is 0 Å². The van der Waals surface area contributed by atoms with Crippen molar-refractivity contribution in [1.82, 2.24) is 10.2 Å². The number of amides is 1. The van der Waals surface area contributed by atoms with Gasteiger partial charge in [-0.1, -0.05) is 59.9 Å². The molecule has 1 amide bonds. The van der Waals surface area contributed by atoms with E-state index in [9.17, 15) is 17.6 Å². The minimum Gasteiger partial charge on any atom is -0.299 e. The molecule has 1 heterocycles. The lowest BCUT2D eigenvalue weighted by Gasteiger charge is -2.24. The van der Waals surface area contributed by atoms with Crippen molar-refractivity contribution in [3.8, 4) is 0 Å². The van der Waals surface area contributed by atoms with Crippen molar-refractivity contribution < 1.29 is 17.6 Å². The van der Waals surface area contributed by atoms with E-state index < -0.39 is 28.3 Å². The predicted molar refractivity (Wildman–Crippen MR) is 117 cm³/mol. The van der Waals surface area contributed by atoms with Crippen LogP contribution in [0.5, 0.6) is 0 Å². The molecular formula is C19H19FN4O3S3. The van der Waals surface area contributed by atoms with Gasteiger partial charge in [-0.3, -0.25) is 14.4 Å². The van der Waals surface area contributed by atoms with Gasteiger partial charge in [0.25, 0.3) is 10.0 Å². The highest BCUT2D eigenvalue weighted by Gasteiger charge is 2.29. The molecule has 0 atom stereocenters. The number of carbonyl (C=O) groups is 1. The average Bonchev–Trinajstić information content (AvgIpc) is 3.14. The number of benzene rings is 2. The van der Waals surface area contributed by atoms with Gasteiger partial charge in [-0.2, -0.15) is 0 Å². The van der Waals surface area contributed by atoms with Crippen molar-refractivity contribution in [2.24, 2.45) is 0 Å². The molecule has 1 N–H and O–H groups in total. The monoisotopic (exact) mass is 466 g/mol. The molecule has 7 nitrogen and oxygen atoms in total. The van der Waals surface area contributed by atoms with Crippen molar-refractivity contribution in [2.45, 2.75) is 23.1 Å². The molecule has 0 radical (unpaired) electrons. The molecule has 3 aromatic rings. The van der Waals surface area contributed by atoms with Crippen LogP contribution in [-0.2, 0) is 14.8 Å². The summed E-state index contributed by atoms with van der Waals surface area (Å²) in [4.78, 5) is 12.6. The number of hydrogen-bond donors (Lipinski definition) is 1. The maximum absolute atomic E-state index is 14.5. The molecule has 0 aliphatic heterocycles. The number of nitrogens with one attached hydrogen (secondary N) is 1. The number of aryl methyl sites for hydroxylation is 1. The number of carbonyl (C=O) groups excluding carboxylic acids is 1. The molecule has 0 saturated carbocycles. The Balaban J connectivity index is 1.90. The van der Waals surface area contributed by atoms with Gasteiger partial charge >= 0.3 is 0 Å². The number of para-hydroxylation sites is 1. The van der Waals surface area contributed by atoms with E-state index in [1.807, 2.05) is 13.8 Å². The summed E-state index contributed by atoms with van der Waals surface area (Å²) in [6, 6.07) is 11.5. The number of aromatic nitrogens is 2. The van der Waals surface area contributed by atoms with Gasteiger partial charge in [-0.15, -0.1) is 10.2 Å². The zero-order valence-corrected chi connectivity index (χ0v) is 18.7. The molecule has 158 valence electrons. The van der Waals surface area contributed by atoms with Crippen LogP contribution in [0.1, 0.15) is 12.5 Å². The number of nitrogens with zero attached hydrogens (tertiary/aromatic N) is 3. The van der Waals surface area contributed by atoms with Crippen LogP contribution in [0.4, 0.5) is 15.2 Å². The first kappa shape index (κ1) is 22.2. The Kier molecular flexibility index (Phi) is 7.06. The van der Waals surface area contributed by atoms with Crippen LogP contribution in [0.25, 0.3) is 0 Å². The summed E-state index contributed by atoms with van der Waals surface area (Å²) in [6.07, 6.45) is 0. The summed E-state index contributed by atoms with van der Waals surface area (Å²) in [6.45, 7) is 3.17. The van der Waals surface area contributed by atoms with Crippen molar-refractivity contribution >= 4 is 49.8 Å². The Morgan fingerprint density at radius 3 is 2.53 bits per heavy atom. The third-order valence-corrected chi connectivity index (χ3v) is 7.57. The molecule has 1 aromatic heterocycles. The maximum Gasteiger partial charge on any atom is 0.264 e. The summed E-state index contributed by atoms with van der Waals surface area (Å²) in [7, 11) is -4.19. The molecule has 0 aliphatic rings. The molecule has 0 saturated heterocycles. The number of thioether (sulfide) groups is 1. The highest BCUT2D eigenvalue weighted by molar-refractivity contribution is 8.01. The minimum absolute atomic E-state index is 0.0401. The highest BCUT2D eigenvalue weighted by atomic mass is 32.2. The molecule has 0 aliphatic carbocycles. The Labute approximate surface area is 182 Å². The molecule has 0 spiro atoms. The standard InChI is InChI=1S/C19H19FN4O3S3/c1-3-28-19-23-22-18(29-19)21-17(25)12-24(16-7-5-4-6-15(16)20)30(26,27)14-10-8-13(2)9-11-14/h4-11H,3,12H2,1-2H3,(H,21,22,25). The van der Waals surface area contributed by atoms with E-state index in [2.05, 4.69) is 15.5 Å². The van der Waals surface area contributed by atoms with Crippen LogP contribution in [0, 0.1) is 12.7 Å². The summed E-state index contributed by atoms with van der Waals surface area (Å²) in [5.41, 5.74) is 0.661. The second-order valence-electron chi connectivity index (χ2n) is 6.13. The third-order valence-electron chi connectivity index (χ3n) is 3.94. The summed E-state index contributed by atoms with van der Waals surface area (Å²) in [5, 5.41) is 10.6. The van der Waals surface area contributed by atoms with Gasteiger partial charge in [0.2, 0.25) is 11.0 Å². The van der Waals surface area contributed by atoms with Crippen LogP contribution >= 0.6 is 23.1 Å². The van der Waals surface area contributed by atoms with Gasteiger partial charge in [-0.05, 0) is 36.9 Å². The fourth-order valence-corrected chi connectivity index (χ4v) is 5.62. The summed E-state index contributed by atoms with van der Waals surface area (Å²) < 4.78 is 42.3. The highest BCUT2D eigenvalue weighted by Crippen LogP contribution is 2.28. The lowest BCUT2D eigenvalue weighted by atomic mass is 10.2. The minimum atomic E-state index is -4.19. The van der Waals surface area contributed by atoms with Crippen molar-refractivity contribution in [3.63, 3.8) is 0 Å². The Morgan fingerprint density at radius 1 is 1.17 bits per heavy atom. The largest absolute Gasteiger partial charge is 0.299 e. The average molecular weight is 467 g/mol. The third kappa shape index (κ3) is 5.15. The SMILES string of the molecule is CCSc1nnc(NC(=O)CN(c2ccccc2F)S(=O)(=O)c2ccc(C)cc2)s1. The molecule has 11 heteroatoms. The van der Waals surface area contributed by atoms with Crippen LogP contribution in [0.3, 0.4) is 0 Å². The van der Waals surface area contributed by atoms with Crippen LogP contribution in [0.2, 0.25) is 0 Å². The van der Waals surface area contributed by atoms with Crippen molar-refractivity contribution in [3.05, 3.63) is 59.9 Å². The first-order valence-corrected chi connectivity index (χ1v) is 12.2. The Bertz CT molecular complexity index is 1130. The number of rotatable bonds is 8. The second-order valence-corrected chi connectivity index (χ2v) is 10.5. The maximum atomic E-state index is 14.5. The lowest BCUT2D eigenvalue weighted by molar-refractivity contribution is -0.114. The zero-order chi connectivity index (χ0) is 21.7. The Morgan fingerprint density at radius 2 is 1.87 bits per heavy atom. The number of sulfonamides is 1. The molecule has 0 unspecified atom stereocenters. The van der Waals surface area contributed by atoms with E-state index in [1.165, 1.54) is 53.4 Å². The first-order valence-electron chi connectivity index (χ1n) is 8.91. The molecular weight excluding hydrogens is 447 g/mol. The number of halogens is 1. The smallest absolute Gasteiger partial charge is 0.264 e. The van der Waals surface area contributed by atoms with E-state index >= 15 is 0 Å². The lowest BCUT2D eigenvalue weighted by Crippen LogP contribution is -2.38. The van der Waals surface area contributed by atoms with Crippen LogP contribution in [-0.4, -0.2) is 36.8 Å². The van der Waals surface area contributed by atoms with Crippen molar-refractivity contribution in [1.29, 1.82) is 0 Å². The van der Waals surface area contributed by atoms with Gasteiger partial charge in [0.1, 0.15) is 12.4 Å². The second kappa shape index (κ2) is 9.54. The first-order chi connectivity index (χ1) is 14.3. The van der Waals surface area contributed by atoms with Crippen LogP contribution in [0.15, 0.2) is 57.8 Å². The fourth-order valence-electron chi connectivity index (χ4n) is 2.52. The van der Waals surface area contributed by atoms with Gasteiger partial charge < -0.3 is 0 Å².